The van der Waals surface area contributed by atoms with E-state index in [4.69, 9.17) is 23.2 Å². The number of hydrogen-bond donors (Lipinski definition) is 1. The lowest BCUT2D eigenvalue weighted by Crippen LogP contribution is -2.43. The van der Waals surface area contributed by atoms with Crippen LogP contribution in [0.15, 0.2) is 36.5 Å². The van der Waals surface area contributed by atoms with Crippen LogP contribution in [0.4, 0.5) is 19.0 Å². The Morgan fingerprint density at radius 2 is 1.88 bits per heavy atom. The van der Waals surface area contributed by atoms with Gasteiger partial charge in [-0.25, -0.2) is 4.98 Å². The fourth-order valence-corrected chi connectivity index (χ4v) is 4.38. The van der Waals surface area contributed by atoms with Crippen molar-refractivity contribution in [3.8, 4) is 0 Å². The van der Waals surface area contributed by atoms with Crippen LogP contribution in [0.25, 0.3) is 0 Å². The van der Waals surface area contributed by atoms with Crippen molar-refractivity contribution in [1.82, 2.24) is 15.2 Å². The van der Waals surface area contributed by atoms with Gasteiger partial charge < -0.3 is 15.1 Å². The highest BCUT2D eigenvalue weighted by Crippen LogP contribution is 2.34. The monoisotopic (exact) mass is 488 g/mol. The van der Waals surface area contributed by atoms with Gasteiger partial charge in [-0.1, -0.05) is 41.4 Å². The van der Waals surface area contributed by atoms with Gasteiger partial charge in [-0.3, -0.25) is 4.79 Å². The van der Waals surface area contributed by atoms with Crippen molar-refractivity contribution in [3.63, 3.8) is 0 Å². The summed E-state index contributed by atoms with van der Waals surface area (Å²) in [7, 11) is 3.86. The highest BCUT2D eigenvalue weighted by atomic mass is 35.5. The Morgan fingerprint density at radius 3 is 2.44 bits per heavy atom. The fraction of sp³-hybridized carbons (Fsp3) is 0.455. The average Bonchev–Trinajstić information content (AvgIpc) is 2.74. The Hall–Kier alpha value is -2.03. The number of alkyl halides is 3. The van der Waals surface area contributed by atoms with E-state index in [1.807, 2.05) is 48.2 Å². The Kier molecular flexibility index (Phi) is 7.90. The predicted octanol–water partition coefficient (Wildman–Crippen LogP) is 5.04. The molecule has 32 heavy (non-hydrogen) atoms. The number of nitrogens with zero attached hydrogens (tertiary/aromatic N) is 3. The molecule has 1 atom stereocenters. The topological polar surface area (TPSA) is 48.5 Å². The summed E-state index contributed by atoms with van der Waals surface area (Å²) in [5.41, 5.74) is 0.0618. The van der Waals surface area contributed by atoms with Crippen LogP contribution in [0.5, 0.6) is 0 Å². The van der Waals surface area contributed by atoms with Gasteiger partial charge in [0, 0.05) is 36.8 Å². The second kappa shape index (κ2) is 10.3. The third-order valence-electron chi connectivity index (χ3n) is 5.67. The number of carbonyl (C=O) groups is 1. The summed E-state index contributed by atoms with van der Waals surface area (Å²) in [5, 5.41) is 3.63. The lowest BCUT2D eigenvalue weighted by molar-refractivity contribution is -0.137. The van der Waals surface area contributed by atoms with Gasteiger partial charge in [0.15, 0.2) is 0 Å². The first kappa shape index (κ1) is 24.6. The van der Waals surface area contributed by atoms with Crippen LogP contribution in [-0.2, 0) is 11.0 Å². The maximum Gasteiger partial charge on any atom is 0.417 e. The van der Waals surface area contributed by atoms with Crippen molar-refractivity contribution in [3.05, 3.63) is 57.7 Å². The molecule has 0 aliphatic carbocycles. The van der Waals surface area contributed by atoms with Crippen molar-refractivity contribution in [2.75, 3.05) is 38.6 Å². The summed E-state index contributed by atoms with van der Waals surface area (Å²) in [6.07, 6.45) is -2.59. The van der Waals surface area contributed by atoms with E-state index >= 15 is 0 Å². The molecular formula is C22H25Cl2F3N4O. The first-order valence-electron chi connectivity index (χ1n) is 10.2. The fourth-order valence-electron chi connectivity index (χ4n) is 3.83. The smallest absolute Gasteiger partial charge is 0.355 e. The Bertz CT molecular complexity index is 947. The molecule has 1 aliphatic rings. The number of pyridine rings is 1. The third-order valence-corrected chi connectivity index (χ3v) is 6.29. The minimum Gasteiger partial charge on any atom is -0.355 e. The van der Waals surface area contributed by atoms with E-state index in [0.29, 0.717) is 43.3 Å². The minimum atomic E-state index is -4.49. The molecule has 0 bridgehead atoms. The average molecular weight is 489 g/mol. The molecule has 1 amide bonds. The number of amides is 1. The zero-order valence-corrected chi connectivity index (χ0v) is 19.3. The molecule has 1 fully saturated rings. The molecule has 1 aromatic carbocycles. The zero-order valence-electron chi connectivity index (χ0n) is 17.8. The normalized spacial score (nSPS) is 16.3. The van der Waals surface area contributed by atoms with Crippen molar-refractivity contribution >= 4 is 34.9 Å². The minimum absolute atomic E-state index is 0.0451. The number of halogens is 5. The Labute approximate surface area is 195 Å². The lowest BCUT2D eigenvalue weighted by Gasteiger charge is -2.33. The molecule has 1 N–H and O–H groups in total. The van der Waals surface area contributed by atoms with Crippen LogP contribution in [-0.4, -0.2) is 49.5 Å². The van der Waals surface area contributed by atoms with Gasteiger partial charge in [-0.15, -0.1) is 0 Å². The molecule has 1 aromatic heterocycles. The van der Waals surface area contributed by atoms with Crippen LogP contribution in [0, 0.1) is 5.92 Å². The molecule has 0 radical (unpaired) electrons. The molecule has 10 heteroatoms. The quantitative estimate of drug-likeness (QED) is 0.618. The predicted molar refractivity (Wildman–Crippen MR) is 120 cm³/mol. The Morgan fingerprint density at radius 1 is 1.22 bits per heavy atom. The van der Waals surface area contributed by atoms with Gasteiger partial charge in [0.25, 0.3) is 0 Å². The summed E-state index contributed by atoms with van der Waals surface area (Å²) in [6.45, 7) is 1.39. The molecule has 5 nitrogen and oxygen atoms in total. The van der Waals surface area contributed by atoms with Crippen molar-refractivity contribution in [2.24, 2.45) is 5.92 Å². The van der Waals surface area contributed by atoms with E-state index in [0.717, 1.165) is 17.8 Å². The summed E-state index contributed by atoms with van der Waals surface area (Å²) < 4.78 is 38.5. The van der Waals surface area contributed by atoms with Crippen LogP contribution in [0.1, 0.15) is 30.0 Å². The van der Waals surface area contributed by atoms with E-state index in [9.17, 15) is 18.0 Å². The van der Waals surface area contributed by atoms with Gasteiger partial charge in [0.2, 0.25) is 5.91 Å². The summed E-state index contributed by atoms with van der Waals surface area (Å²) in [4.78, 5) is 20.5. The van der Waals surface area contributed by atoms with Crippen molar-refractivity contribution in [1.29, 1.82) is 0 Å². The van der Waals surface area contributed by atoms with E-state index in [1.165, 1.54) is 0 Å². The SMILES string of the molecule is CN(C)C(CNC(=O)C1CCN(c2ncc(C(F)(F)F)cc2Cl)CC1)c1ccccc1Cl. The van der Waals surface area contributed by atoms with E-state index in [-0.39, 0.29) is 22.9 Å². The molecule has 2 aromatic rings. The highest BCUT2D eigenvalue weighted by Gasteiger charge is 2.33. The zero-order chi connectivity index (χ0) is 23.5. The largest absolute Gasteiger partial charge is 0.417 e. The molecule has 174 valence electrons. The molecule has 1 aliphatic heterocycles. The summed E-state index contributed by atoms with van der Waals surface area (Å²) >= 11 is 12.4. The van der Waals surface area contributed by atoms with Crippen LogP contribution in [0.2, 0.25) is 10.0 Å². The van der Waals surface area contributed by atoms with Crippen LogP contribution >= 0.6 is 23.2 Å². The van der Waals surface area contributed by atoms with Crippen LogP contribution in [0.3, 0.4) is 0 Å². The first-order valence-corrected chi connectivity index (χ1v) is 11.0. The number of piperidine rings is 1. The molecule has 3 rings (SSSR count). The molecule has 1 saturated heterocycles. The number of nitrogens with one attached hydrogen (secondary N) is 1. The Balaban J connectivity index is 1.57. The van der Waals surface area contributed by atoms with Gasteiger partial charge >= 0.3 is 6.18 Å². The number of hydrogen-bond acceptors (Lipinski definition) is 4. The highest BCUT2D eigenvalue weighted by molar-refractivity contribution is 6.33. The van der Waals surface area contributed by atoms with Crippen LogP contribution < -0.4 is 10.2 Å². The maximum absolute atomic E-state index is 12.8. The lowest BCUT2D eigenvalue weighted by atomic mass is 9.95. The summed E-state index contributed by atoms with van der Waals surface area (Å²) in [5.74, 6) is 0.0773. The number of rotatable bonds is 6. The molecular weight excluding hydrogens is 464 g/mol. The number of likely N-dealkylation sites (N-methyl/N-ethyl adjacent to an activating group) is 1. The van der Waals surface area contributed by atoms with Gasteiger partial charge in [-0.05, 0) is 44.6 Å². The molecule has 1 unspecified atom stereocenters. The maximum atomic E-state index is 12.8. The van der Waals surface area contributed by atoms with Gasteiger partial charge in [0.1, 0.15) is 5.82 Å². The number of carbonyl (C=O) groups excluding carboxylic acids is 1. The van der Waals surface area contributed by atoms with E-state index in [2.05, 4.69) is 10.3 Å². The van der Waals surface area contributed by atoms with E-state index in [1.54, 1.807) is 0 Å². The third kappa shape index (κ3) is 5.85. The second-order valence-corrected chi connectivity index (χ2v) is 8.85. The second-order valence-electron chi connectivity index (χ2n) is 8.03. The first-order chi connectivity index (χ1) is 15.1. The number of benzene rings is 1. The number of aromatic nitrogens is 1. The van der Waals surface area contributed by atoms with Gasteiger partial charge in [0.05, 0.1) is 16.6 Å². The molecule has 0 saturated carbocycles. The molecule has 0 spiro atoms. The molecule has 2 heterocycles. The standard InChI is InChI=1S/C22H25Cl2F3N4O/c1-30(2)19(16-5-3-4-6-17(16)23)13-29-21(32)14-7-9-31(10-8-14)20-18(24)11-15(12-28-20)22(25,26)27/h3-6,11-12,14,19H,7-10,13H2,1-2H3,(H,29,32). The van der Waals surface area contributed by atoms with Crippen molar-refractivity contribution < 1.29 is 18.0 Å². The summed E-state index contributed by atoms with van der Waals surface area (Å²) in [6, 6.07) is 8.36. The van der Waals surface area contributed by atoms with Crippen molar-refractivity contribution in [2.45, 2.75) is 25.1 Å². The van der Waals surface area contributed by atoms with Gasteiger partial charge in [-0.2, -0.15) is 13.2 Å². The van der Waals surface area contributed by atoms with E-state index < -0.39 is 11.7 Å². The number of anilines is 1.